The van der Waals surface area contributed by atoms with Crippen LogP contribution in [0.2, 0.25) is 10.0 Å². The molecule has 3 rings (SSSR count). The van der Waals surface area contributed by atoms with E-state index < -0.39 is 0 Å². The zero-order valence-electron chi connectivity index (χ0n) is 13.7. The van der Waals surface area contributed by atoms with Crippen molar-refractivity contribution in [3.63, 3.8) is 0 Å². The number of amides is 1. The lowest BCUT2D eigenvalue weighted by Gasteiger charge is -2.35. The minimum absolute atomic E-state index is 0.0928. The molecule has 1 aromatic carbocycles. The van der Waals surface area contributed by atoms with Crippen molar-refractivity contribution >= 4 is 29.1 Å². The summed E-state index contributed by atoms with van der Waals surface area (Å²) in [6.07, 6.45) is 3.64. The lowest BCUT2D eigenvalue weighted by molar-refractivity contribution is -0.133. The Bertz CT molecular complexity index is 724. The van der Waals surface area contributed by atoms with Crippen LogP contribution in [0.3, 0.4) is 0 Å². The summed E-state index contributed by atoms with van der Waals surface area (Å²) < 4.78 is 15.5. The Morgan fingerprint density at radius 1 is 1.20 bits per heavy atom. The second-order valence-corrected chi connectivity index (χ2v) is 6.87. The molecule has 1 saturated heterocycles. The summed E-state index contributed by atoms with van der Waals surface area (Å²) in [6, 6.07) is 4.72. The SMILES string of the molecule is O=C(CCn1cc(Cl)cn1)N1CCN(Cc2c(F)cccc2Cl)CC1. The third kappa shape index (κ3) is 4.71. The average Bonchev–Trinajstić information content (AvgIpc) is 3.02. The van der Waals surface area contributed by atoms with Crippen molar-refractivity contribution in [1.29, 1.82) is 0 Å². The first-order chi connectivity index (χ1) is 12.0. The molecule has 1 amide bonds. The maximum Gasteiger partial charge on any atom is 0.224 e. The fourth-order valence-electron chi connectivity index (χ4n) is 2.89. The van der Waals surface area contributed by atoms with Crippen LogP contribution in [0, 0.1) is 5.82 Å². The summed E-state index contributed by atoms with van der Waals surface area (Å²) >= 11 is 11.9. The Balaban J connectivity index is 1.47. The molecule has 1 aromatic heterocycles. The van der Waals surface area contributed by atoms with Gasteiger partial charge in [0, 0.05) is 62.5 Å². The number of carbonyl (C=O) groups is 1. The number of hydrogen-bond acceptors (Lipinski definition) is 3. The number of carbonyl (C=O) groups excluding carboxylic acids is 1. The smallest absolute Gasteiger partial charge is 0.224 e. The molecule has 0 aliphatic carbocycles. The molecular weight excluding hydrogens is 366 g/mol. The van der Waals surface area contributed by atoms with Crippen molar-refractivity contribution in [2.24, 2.45) is 0 Å². The van der Waals surface area contributed by atoms with Crippen LogP contribution >= 0.6 is 23.2 Å². The molecule has 1 aliphatic heterocycles. The predicted octanol–water partition coefficient (Wildman–Crippen LogP) is 3.06. The van der Waals surface area contributed by atoms with E-state index in [1.165, 1.54) is 6.07 Å². The van der Waals surface area contributed by atoms with E-state index in [1.807, 2.05) is 4.90 Å². The third-order valence-electron chi connectivity index (χ3n) is 4.32. The van der Waals surface area contributed by atoms with E-state index >= 15 is 0 Å². The summed E-state index contributed by atoms with van der Waals surface area (Å²) in [4.78, 5) is 16.3. The molecule has 0 N–H and O–H groups in total. The molecule has 0 saturated carbocycles. The van der Waals surface area contributed by atoms with Gasteiger partial charge < -0.3 is 4.90 Å². The maximum absolute atomic E-state index is 13.9. The molecular formula is C17H19Cl2FN4O. The quantitative estimate of drug-likeness (QED) is 0.795. The van der Waals surface area contributed by atoms with Crippen LogP contribution in [0.25, 0.3) is 0 Å². The van der Waals surface area contributed by atoms with E-state index in [0.29, 0.717) is 61.3 Å². The van der Waals surface area contributed by atoms with Crippen molar-refractivity contribution in [2.75, 3.05) is 26.2 Å². The Morgan fingerprint density at radius 3 is 2.60 bits per heavy atom. The number of halogens is 3. The number of aromatic nitrogens is 2. The molecule has 2 aromatic rings. The Labute approximate surface area is 155 Å². The molecule has 8 heteroatoms. The van der Waals surface area contributed by atoms with Crippen LogP contribution in [0.4, 0.5) is 4.39 Å². The van der Waals surface area contributed by atoms with E-state index in [4.69, 9.17) is 23.2 Å². The summed E-state index contributed by atoms with van der Waals surface area (Å²) in [7, 11) is 0. The highest BCUT2D eigenvalue weighted by Gasteiger charge is 2.22. The van der Waals surface area contributed by atoms with Crippen LogP contribution in [-0.4, -0.2) is 51.7 Å². The van der Waals surface area contributed by atoms with Gasteiger partial charge in [-0.15, -0.1) is 0 Å². The highest BCUT2D eigenvalue weighted by atomic mass is 35.5. The first-order valence-corrected chi connectivity index (χ1v) is 8.89. The van der Waals surface area contributed by atoms with Gasteiger partial charge in [-0.25, -0.2) is 4.39 Å². The number of aryl methyl sites for hydroxylation is 1. The van der Waals surface area contributed by atoms with Crippen LogP contribution in [-0.2, 0) is 17.9 Å². The lowest BCUT2D eigenvalue weighted by Crippen LogP contribution is -2.48. The minimum Gasteiger partial charge on any atom is -0.340 e. The molecule has 5 nitrogen and oxygen atoms in total. The number of piperazine rings is 1. The topological polar surface area (TPSA) is 41.4 Å². The van der Waals surface area contributed by atoms with Gasteiger partial charge in [-0.2, -0.15) is 5.10 Å². The number of rotatable bonds is 5. The van der Waals surface area contributed by atoms with E-state index in [2.05, 4.69) is 10.00 Å². The zero-order chi connectivity index (χ0) is 17.8. The summed E-state index contributed by atoms with van der Waals surface area (Å²) in [5.74, 6) is -0.195. The molecule has 0 spiro atoms. The molecule has 0 unspecified atom stereocenters. The second kappa shape index (κ2) is 8.17. The molecule has 2 heterocycles. The number of benzene rings is 1. The first kappa shape index (κ1) is 18.2. The standard InChI is InChI=1S/C17H19Cl2FN4O/c18-13-10-21-24(11-13)5-4-17(25)23-8-6-22(7-9-23)12-14-15(19)2-1-3-16(14)20/h1-3,10-11H,4-9,12H2. The molecule has 0 bridgehead atoms. The summed E-state index contributed by atoms with van der Waals surface area (Å²) in [5.41, 5.74) is 0.513. The van der Waals surface area contributed by atoms with Gasteiger partial charge in [0.2, 0.25) is 5.91 Å². The van der Waals surface area contributed by atoms with Crippen LogP contribution in [0.5, 0.6) is 0 Å². The van der Waals surface area contributed by atoms with Gasteiger partial charge in [0.15, 0.2) is 0 Å². The number of nitrogens with zero attached hydrogens (tertiary/aromatic N) is 4. The van der Waals surface area contributed by atoms with Crippen LogP contribution in [0.15, 0.2) is 30.6 Å². The van der Waals surface area contributed by atoms with E-state index in [1.54, 1.807) is 29.2 Å². The van der Waals surface area contributed by atoms with Gasteiger partial charge in [-0.3, -0.25) is 14.4 Å². The largest absolute Gasteiger partial charge is 0.340 e. The van der Waals surface area contributed by atoms with E-state index in [0.717, 1.165) is 0 Å². The molecule has 134 valence electrons. The highest BCUT2D eigenvalue weighted by Crippen LogP contribution is 2.21. The fraction of sp³-hybridized carbons (Fsp3) is 0.412. The molecule has 1 aliphatic rings. The Morgan fingerprint density at radius 2 is 1.96 bits per heavy atom. The van der Waals surface area contributed by atoms with Crippen LogP contribution < -0.4 is 0 Å². The monoisotopic (exact) mass is 384 g/mol. The normalized spacial score (nSPS) is 15.6. The van der Waals surface area contributed by atoms with Gasteiger partial charge in [0.25, 0.3) is 0 Å². The van der Waals surface area contributed by atoms with E-state index in [9.17, 15) is 9.18 Å². The van der Waals surface area contributed by atoms with Crippen molar-refractivity contribution in [3.8, 4) is 0 Å². The molecule has 25 heavy (non-hydrogen) atoms. The average molecular weight is 385 g/mol. The lowest BCUT2D eigenvalue weighted by atomic mass is 10.1. The van der Waals surface area contributed by atoms with Gasteiger partial charge in [-0.05, 0) is 12.1 Å². The van der Waals surface area contributed by atoms with Gasteiger partial charge >= 0.3 is 0 Å². The summed E-state index contributed by atoms with van der Waals surface area (Å²) in [5, 5.41) is 5.07. The maximum atomic E-state index is 13.9. The molecule has 1 fully saturated rings. The molecule has 0 radical (unpaired) electrons. The van der Waals surface area contributed by atoms with Crippen molar-refractivity contribution < 1.29 is 9.18 Å². The Kier molecular flexibility index (Phi) is 5.93. The third-order valence-corrected chi connectivity index (χ3v) is 4.87. The van der Waals surface area contributed by atoms with Crippen molar-refractivity contribution in [2.45, 2.75) is 19.5 Å². The van der Waals surface area contributed by atoms with E-state index in [-0.39, 0.29) is 11.7 Å². The Hall–Kier alpha value is -1.63. The molecule has 0 atom stereocenters. The first-order valence-electron chi connectivity index (χ1n) is 8.14. The number of hydrogen-bond donors (Lipinski definition) is 0. The minimum atomic E-state index is -0.288. The van der Waals surface area contributed by atoms with Gasteiger partial charge in [-0.1, -0.05) is 29.3 Å². The van der Waals surface area contributed by atoms with Gasteiger partial charge in [0.1, 0.15) is 5.82 Å². The predicted molar refractivity (Wildman–Crippen MR) is 95.1 cm³/mol. The highest BCUT2D eigenvalue weighted by molar-refractivity contribution is 6.31. The van der Waals surface area contributed by atoms with Crippen LogP contribution in [0.1, 0.15) is 12.0 Å². The second-order valence-electron chi connectivity index (χ2n) is 6.03. The van der Waals surface area contributed by atoms with Crippen molar-refractivity contribution in [1.82, 2.24) is 19.6 Å². The van der Waals surface area contributed by atoms with Gasteiger partial charge in [0.05, 0.1) is 11.2 Å². The zero-order valence-corrected chi connectivity index (χ0v) is 15.2. The summed E-state index contributed by atoms with van der Waals surface area (Å²) in [6.45, 7) is 3.62. The fourth-order valence-corrected chi connectivity index (χ4v) is 3.27. The van der Waals surface area contributed by atoms with Crippen molar-refractivity contribution in [3.05, 3.63) is 52.0 Å².